The quantitative estimate of drug-likeness (QED) is 0.527. The van der Waals surface area contributed by atoms with Crippen LogP contribution in [0.5, 0.6) is 0 Å². The van der Waals surface area contributed by atoms with Gasteiger partial charge in [-0.15, -0.1) is 22.7 Å². The molecule has 8 nitrogen and oxygen atoms in total. The van der Waals surface area contributed by atoms with Gasteiger partial charge in [-0.05, 0) is 50.4 Å². The molecule has 1 amide bonds. The molecule has 0 aliphatic carbocycles. The maximum Gasteiger partial charge on any atom is 0.341 e. The summed E-state index contributed by atoms with van der Waals surface area (Å²) < 4.78 is 33.3. The summed E-state index contributed by atoms with van der Waals surface area (Å²) in [4.78, 5) is 29.4. The molecule has 1 atom stereocenters. The largest absolute Gasteiger partial charge is 0.462 e. The van der Waals surface area contributed by atoms with E-state index in [1.165, 1.54) is 21.7 Å². The van der Waals surface area contributed by atoms with Crippen LogP contribution in [-0.2, 0) is 32.5 Å². The number of ether oxygens (including phenoxy) is 1. The average molecular weight is 546 g/mol. The lowest BCUT2D eigenvalue weighted by atomic mass is 9.98. The third kappa shape index (κ3) is 5.19. The number of piperidine rings is 1. The van der Waals surface area contributed by atoms with Crippen molar-refractivity contribution in [2.24, 2.45) is 5.92 Å². The second kappa shape index (κ2) is 10.6. The van der Waals surface area contributed by atoms with Gasteiger partial charge in [-0.25, -0.2) is 13.2 Å². The van der Waals surface area contributed by atoms with Crippen LogP contribution in [0.1, 0.15) is 47.5 Å². The van der Waals surface area contributed by atoms with Gasteiger partial charge < -0.3 is 10.1 Å². The zero-order chi connectivity index (χ0) is 24.5. The average Bonchev–Trinajstić information content (AvgIpc) is 3.42. The molecule has 12 heteroatoms. The molecule has 0 bridgehead atoms. The molecular weight excluding hydrogens is 518 g/mol. The number of hydrogen-bond acceptors (Lipinski definition) is 8. The maximum absolute atomic E-state index is 13.2. The van der Waals surface area contributed by atoms with Crippen LogP contribution >= 0.6 is 34.3 Å². The van der Waals surface area contributed by atoms with Gasteiger partial charge in [0.1, 0.15) is 9.21 Å². The van der Waals surface area contributed by atoms with Crippen LogP contribution in [0.25, 0.3) is 0 Å². The van der Waals surface area contributed by atoms with Crippen molar-refractivity contribution in [1.29, 1.82) is 0 Å². The Labute approximate surface area is 212 Å². The molecular formula is C22H28ClN3O5S3. The Hall–Kier alpha value is -1.50. The number of sulfonamides is 1. The van der Waals surface area contributed by atoms with Gasteiger partial charge in [0.25, 0.3) is 10.0 Å². The first-order valence-electron chi connectivity index (χ1n) is 11.3. The normalized spacial score (nSPS) is 19.6. The number of anilines is 1. The number of carbonyl (C=O) groups is 2. The van der Waals surface area contributed by atoms with Crippen molar-refractivity contribution >= 4 is 61.2 Å². The zero-order valence-electron chi connectivity index (χ0n) is 19.1. The summed E-state index contributed by atoms with van der Waals surface area (Å²) in [7, 11) is -3.71. The number of thiophene rings is 2. The van der Waals surface area contributed by atoms with Gasteiger partial charge in [0, 0.05) is 31.1 Å². The van der Waals surface area contributed by atoms with Crippen molar-refractivity contribution in [2.45, 2.75) is 43.9 Å². The number of amides is 1. The lowest BCUT2D eigenvalue weighted by Gasteiger charge is -2.30. The van der Waals surface area contributed by atoms with Gasteiger partial charge in [0.15, 0.2) is 0 Å². The topological polar surface area (TPSA) is 96.0 Å². The Balaban J connectivity index is 1.54. The van der Waals surface area contributed by atoms with E-state index in [0.717, 1.165) is 47.8 Å². The number of nitrogens with zero attached hydrogens (tertiary/aromatic N) is 2. The van der Waals surface area contributed by atoms with E-state index >= 15 is 0 Å². The van der Waals surface area contributed by atoms with Gasteiger partial charge in [-0.1, -0.05) is 18.5 Å². The molecule has 1 fully saturated rings. The van der Waals surface area contributed by atoms with E-state index in [-0.39, 0.29) is 23.3 Å². The summed E-state index contributed by atoms with van der Waals surface area (Å²) in [5.41, 5.74) is 1.39. The van der Waals surface area contributed by atoms with E-state index in [1.807, 2.05) is 0 Å². The smallest absolute Gasteiger partial charge is 0.341 e. The van der Waals surface area contributed by atoms with Crippen LogP contribution < -0.4 is 5.32 Å². The number of fused-ring (bicyclic) bond motifs is 1. The number of esters is 1. The molecule has 0 saturated carbocycles. The summed E-state index contributed by atoms with van der Waals surface area (Å²) >= 11 is 8.35. The highest BCUT2D eigenvalue weighted by molar-refractivity contribution is 7.91. The molecule has 1 N–H and O–H groups in total. The van der Waals surface area contributed by atoms with Crippen molar-refractivity contribution in [3.05, 3.63) is 32.5 Å². The lowest BCUT2D eigenvalue weighted by Crippen LogP contribution is -2.43. The molecule has 1 saturated heterocycles. The Morgan fingerprint density at radius 2 is 2.03 bits per heavy atom. The van der Waals surface area contributed by atoms with Gasteiger partial charge in [0.2, 0.25) is 5.91 Å². The van der Waals surface area contributed by atoms with Crippen molar-refractivity contribution in [3.63, 3.8) is 0 Å². The van der Waals surface area contributed by atoms with Gasteiger partial charge in [-0.2, -0.15) is 4.31 Å². The molecule has 186 valence electrons. The minimum Gasteiger partial charge on any atom is -0.462 e. The van der Waals surface area contributed by atoms with Crippen LogP contribution in [-0.4, -0.2) is 62.3 Å². The zero-order valence-corrected chi connectivity index (χ0v) is 22.3. The Morgan fingerprint density at radius 1 is 1.24 bits per heavy atom. The first-order valence-corrected chi connectivity index (χ1v) is 14.8. The van der Waals surface area contributed by atoms with Crippen molar-refractivity contribution < 1.29 is 22.7 Å². The molecule has 0 aromatic carbocycles. The summed E-state index contributed by atoms with van der Waals surface area (Å²) in [5.74, 6) is -1.22. The molecule has 1 unspecified atom stereocenters. The molecule has 2 aromatic heterocycles. The van der Waals surface area contributed by atoms with Crippen LogP contribution in [0.3, 0.4) is 0 Å². The fourth-order valence-corrected chi connectivity index (χ4v) is 8.83. The number of carbonyl (C=O) groups excluding carboxylic acids is 2. The lowest BCUT2D eigenvalue weighted by molar-refractivity contribution is -0.120. The Morgan fingerprint density at radius 3 is 2.71 bits per heavy atom. The highest BCUT2D eigenvalue weighted by Crippen LogP contribution is 2.38. The van der Waals surface area contributed by atoms with Crippen LogP contribution in [0.15, 0.2) is 16.3 Å². The minimum absolute atomic E-state index is 0.0904. The van der Waals surface area contributed by atoms with E-state index in [9.17, 15) is 18.0 Å². The Bertz CT molecular complexity index is 1180. The van der Waals surface area contributed by atoms with Gasteiger partial charge in [-0.3, -0.25) is 9.69 Å². The molecule has 4 heterocycles. The number of nitrogens with one attached hydrogen (secondary N) is 1. The maximum atomic E-state index is 13.2. The standard InChI is InChI=1S/C22H28ClN3O5S3/c1-3-25-11-9-15-16(13-25)32-21(19(15)22(28)31-4-2)24-20(27)14-6-5-10-26(12-14)34(29,30)18-8-7-17(23)33-18/h7-8,14H,3-6,9-13H2,1-2H3,(H,24,27). The van der Waals surface area contributed by atoms with E-state index in [0.29, 0.717) is 34.3 Å². The van der Waals surface area contributed by atoms with E-state index in [2.05, 4.69) is 17.1 Å². The molecule has 2 aromatic rings. The molecule has 2 aliphatic heterocycles. The predicted molar refractivity (Wildman–Crippen MR) is 134 cm³/mol. The first kappa shape index (κ1) is 25.6. The monoisotopic (exact) mass is 545 g/mol. The summed E-state index contributed by atoms with van der Waals surface area (Å²) in [6, 6.07) is 3.05. The van der Waals surface area contributed by atoms with Crippen LogP contribution in [0.4, 0.5) is 5.00 Å². The van der Waals surface area contributed by atoms with Crippen molar-refractivity contribution in [1.82, 2.24) is 9.21 Å². The van der Waals surface area contributed by atoms with E-state index in [1.54, 1.807) is 13.0 Å². The fourth-order valence-electron chi connectivity index (χ4n) is 4.39. The SMILES string of the molecule is CCOC(=O)c1c(NC(=O)C2CCCN(S(=O)(=O)c3ccc(Cl)s3)C2)sc2c1CCN(CC)C2. The fraction of sp³-hybridized carbons (Fsp3) is 0.545. The third-order valence-electron chi connectivity index (χ3n) is 6.20. The van der Waals surface area contributed by atoms with Crippen molar-refractivity contribution in [2.75, 3.05) is 38.1 Å². The number of halogens is 1. The summed E-state index contributed by atoms with van der Waals surface area (Å²) in [6.45, 7) is 7.05. The number of hydrogen-bond donors (Lipinski definition) is 1. The van der Waals surface area contributed by atoms with E-state index < -0.39 is 21.9 Å². The van der Waals surface area contributed by atoms with Crippen LogP contribution in [0.2, 0.25) is 4.34 Å². The molecule has 4 rings (SSSR count). The number of likely N-dealkylation sites (N-methyl/N-ethyl adjacent to an activating group) is 1. The second-order valence-electron chi connectivity index (χ2n) is 8.30. The molecule has 0 radical (unpaired) electrons. The van der Waals surface area contributed by atoms with Crippen LogP contribution in [0, 0.1) is 5.92 Å². The van der Waals surface area contributed by atoms with Gasteiger partial charge in [0.05, 0.1) is 22.4 Å². The summed E-state index contributed by atoms with van der Waals surface area (Å²) in [6.07, 6.45) is 1.88. The van der Waals surface area contributed by atoms with E-state index in [4.69, 9.17) is 16.3 Å². The minimum atomic E-state index is -3.71. The predicted octanol–water partition coefficient (Wildman–Crippen LogP) is 4.06. The third-order valence-corrected chi connectivity index (χ3v) is 10.9. The highest BCUT2D eigenvalue weighted by atomic mass is 35.5. The summed E-state index contributed by atoms with van der Waals surface area (Å²) in [5, 5.41) is 3.44. The van der Waals surface area contributed by atoms with Crippen molar-refractivity contribution in [3.8, 4) is 0 Å². The van der Waals surface area contributed by atoms with Gasteiger partial charge >= 0.3 is 5.97 Å². The molecule has 2 aliphatic rings. The molecule has 0 spiro atoms. The first-order chi connectivity index (χ1) is 16.2. The molecule has 34 heavy (non-hydrogen) atoms. The Kier molecular flexibility index (Phi) is 8.00. The second-order valence-corrected chi connectivity index (χ2v) is 13.3. The highest BCUT2D eigenvalue weighted by Gasteiger charge is 2.35. The number of rotatable bonds is 7.